The van der Waals surface area contributed by atoms with E-state index in [4.69, 9.17) is 5.73 Å². The van der Waals surface area contributed by atoms with Gasteiger partial charge >= 0.3 is 0 Å². The fraction of sp³-hybridized carbons (Fsp3) is 0.333. The van der Waals surface area contributed by atoms with Gasteiger partial charge < -0.3 is 16.0 Å². The molecule has 0 aliphatic heterocycles. The second-order valence-corrected chi connectivity index (χ2v) is 3.27. The summed E-state index contributed by atoms with van der Waals surface area (Å²) in [7, 11) is 0. The first-order valence-electron chi connectivity index (χ1n) is 4.79. The van der Waals surface area contributed by atoms with E-state index >= 15 is 0 Å². The Bertz CT molecular complexity index is 527. The highest BCUT2D eigenvalue weighted by atomic mass is 16.1. The minimum atomic E-state index is -0.202. The molecule has 0 radical (unpaired) electrons. The maximum Gasteiger partial charge on any atom is 0.262 e. The number of H-pyrrole nitrogens is 2. The molecule has 6 nitrogen and oxygen atoms in total. The number of fused-ring (bicyclic) bond motifs is 1. The highest BCUT2D eigenvalue weighted by Crippen LogP contribution is 2.11. The Balaban J connectivity index is 2.54. The molecule has 0 spiro atoms. The van der Waals surface area contributed by atoms with Crippen molar-refractivity contribution in [3.63, 3.8) is 0 Å². The largest absolute Gasteiger partial charge is 0.369 e. The van der Waals surface area contributed by atoms with Crippen molar-refractivity contribution in [3.05, 3.63) is 22.1 Å². The van der Waals surface area contributed by atoms with Crippen molar-refractivity contribution in [2.75, 3.05) is 12.3 Å². The third kappa shape index (κ3) is 1.71. The number of hydrogen-bond donors (Lipinski definition) is 4. The monoisotopic (exact) mass is 207 g/mol. The molecule has 0 amide bonds. The maximum atomic E-state index is 11.6. The molecule has 0 bridgehead atoms. The summed E-state index contributed by atoms with van der Waals surface area (Å²) in [5.74, 6) is 0.129. The Kier molecular flexibility index (Phi) is 2.42. The van der Waals surface area contributed by atoms with Gasteiger partial charge in [0.2, 0.25) is 5.95 Å². The zero-order valence-electron chi connectivity index (χ0n) is 8.42. The molecule has 5 N–H and O–H groups in total. The van der Waals surface area contributed by atoms with Gasteiger partial charge in [0.25, 0.3) is 5.56 Å². The van der Waals surface area contributed by atoms with Gasteiger partial charge in [-0.25, -0.2) is 0 Å². The van der Waals surface area contributed by atoms with Crippen LogP contribution in [0, 0.1) is 0 Å². The van der Waals surface area contributed by atoms with Crippen LogP contribution in [0.5, 0.6) is 0 Å². The summed E-state index contributed by atoms with van der Waals surface area (Å²) in [6, 6.07) is 0. The molecule has 0 saturated heterocycles. The number of nitrogens with one attached hydrogen (secondary N) is 3. The van der Waals surface area contributed by atoms with Crippen molar-refractivity contribution in [1.29, 1.82) is 0 Å². The van der Waals surface area contributed by atoms with E-state index in [1.54, 1.807) is 6.20 Å². The van der Waals surface area contributed by atoms with Crippen molar-refractivity contribution < 1.29 is 0 Å². The van der Waals surface area contributed by atoms with E-state index in [0.29, 0.717) is 17.6 Å². The lowest BCUT2D eigenvalue weighted by Crippen LogP contribution is -2.15. The molecule has 6 heteroatoms. The molecule has 0 fully saturated rings. The summed E-state index contributed by atoms with van der Waals surface area (Å²) in [5.41, 5.74) is 6.66. The topological polar surface area (TPSA) is 99.6 Å². The van der Waals surface area contributed by atoms with Crippen molar-refractivity contribution >= 4 is 17.0 Å². The van der Waals surface area contributed by atoms with Crippen molar-refractivity contribution in [2.24, 2.45) is 0 Å². The summed E-state index contributed by atoms with van der Waals surface area (Å²) in [4.78, 5) is 21.0. The average Bonchev–Trinajstić information content (AvgIpc) is 2.58. The van der Waals surface area contributed by atoms with E-state index in [0.717, 1.165) is 12.1 Å². The molecule has 2 aromatic heterocycles. The number of nitrogens with zero attached hydrogens (tertiary/aromatic N) is 1. The lowest BCUT2D eigenvalue weighted by atomic mass is 10.2. The fourth-order valence-electron chi connectivity index (χ4n) is 1.52. The van der Waals surface area contributed by atoms with E-state index in [1.807, 2.05) is 6.92 Å². The molecule has 2 aromatic rings. The predicted molar refractivity (Wildman–Crippen MR) is 58.5 cm³/mol. The molecule has 0 aliphatic rings. The molecular weight excluding hydrogens is 194 g/mol. The van der Waals surface area contributed by atoms with Crippen LogP contribution in [0.1, 0.15) is 12.5 Å². The minimum Gasteiger partial charge on any atom is -0.369 e. The van der Waals surface area contributed by atoms with E-state index < -0.39 is 0 Å². The summed E-state index contributed by atoms with van der Waals surface area (Å²) in [6.45, 7) is 3.51. The number of anilines is 1. The van der Waals surface area contributed by atoms with E-state index in [9.17, 15) is 4.79 Å². The van der Waals surface area contributed by atoms with Crippen molar-refractivity contribution in [2.45, 2.75) is 13.5 Å². The Morgan fingerprint density at radius 1 is 1.60 bits per heavy atom. The number of nitrogen functional groups attached to an aromatic ring is 1. The molecule has 2 rings (SSSR count). The summed E-state index contributed by atoms with van der Waals surface area (Å²) < 4.78 is 0. The van der Waals surface area contributed by atoms with Crippen LogP contribution in [-0.2, 0) is 6.54 Å². The Morgan fingerprint density at radius 3 is 3.13 bits per heavy atom. The number of hydrogen-bond acceptors (Lipinski definition) is 4. The number of aromatic amines is 2. The lowest BCUT2D eigenvalue weighted by molar-refractivity contribution is 0.730. The fourth-order valence-corrected chi connectivity index (χ4v) is 1.52. The Labute approximate surface area is 85.9 Å². The first-order valence-corrected chi connectivity index (χ1v) is 4.79. The molecule has 0 atom stereocenters. The first-order chi connectivity index (χ1) is 7.22. The van der Waals surface area contributed by atoms with Gasteiger partial charge in [-0.2, -0.15) is 4.98 Å². The standard InChI is InChI=1S/C9H13N5O/c1-2-11-3-5-4-12-7-6(5)8(15)14-9(10)13-7/h4,11H,2-3H2,1H3,(H4,10,12,13,14,15). The normalized spacial score (nSPS) is 11.0. The number of aromatic nitrogens is 3. The minimum absolute atomic E-state index is 0.129. The van der Waals surface area contributed by atoms with Crippen LogP contribution >= 0.6 is 0 Å². The molecule has 0 saturated carbocycles. The smallest absolute Gasteiger partial charge is 0.262 e. The molecule has 0 aliphatic carbocycles. The number of nitrogens with two attached hydrogens (primary N) is 1. The van der Waals surface area contributed by atoms with Crippen LogP contribution in [-0.4, -0.2) is 21.5 Å². The van der Waals surface area contributed by atoms with Crippen LogP contribution in [0.25, 0.3) is 11.0 Å². The molecule has 0 aromatic carbocycles. The van der Waals surface area contributed by atoms with Gasteiger partial charge in [0.05, 0.1) is 5.39 Å². The Morgan fingerprint density at radius 2 is 2.40 bits per heavy atom. The molecular formula is C9H13N5O. The van der Waals surface area contributed by atoms with E-state index in [2.05, 4.69) is 20.3 Å². The van der Waals surface area contributed by atoms with Crippen molar-refractivity contribution in [1.82, 2.24) is 20.3 Å². The van der Waals surface area contributed by atoms with Gasteiger partial charge in [0.1, 0.15) is 5.65 Å². The van der Waals surface area contributed by atoms with Crippen molar-refractivity contribution in [3.8, 4) is 0 Å². The van der Waals surface area contributed by atoms with Crippen LogP contribution in [0.2, 0.25) is 0 Å². The highest BCUT2D eigenvalue weighted by molar-refractivity contribution is 5.79. The highest BCUT2D eigenvalue weighted by Gasteiger charge is 2.08. The van der Waals surface area contributed by atoms with Crippen LogP contribution in [0.3, 0.4) is 0 Å². The predicted octanol–water partition coefficient (Wildman–Crippen LogP) is -0.0571. The van der Waals surface area contributed by atoms with Crippen LogP contribution in [0.4, 0.5) is 5.95 Å². The molecule has 0 unspecified atom stereocenters. The molecule has 2 heterocycles. The van der Waals surface area contributed by atoms with Crippen LogP contribution < -0.4 is 16.6 Å². The van der Waals surface area contributed by atoms with Gasteiger partial charge in [-0.3, -0.25) is 9.78 Å². The van der Waals surface area contributed by atoms with Crippen LogP contribution in [0.15, 0.2) is 11.0 Å². The SMILES string of the molecule is CCNCc1c[nH]c2nc(N)[nH]c(=O)c12. The quantitative estimate of drug-likeness (QED) is 0.566. The molecule has 15 heavy (non-hydrogen) atoms. The average molecular weight is 207 g/mol. The zero-order valence-corrected chi connectivity index (χ0v) is 8.42. The van der Waals surface area contributed by atoms with Gasteiger partial charge in [0.15, 0.2) is 0 Å². The van der Waals surface area contributed by atoms with Gasteiger partial charge in [0, 0.05) is 12.7 Å². The van der Waals surface area contributed by atoms with E-state index in [1.165, 1.54) is 0 Å². The summed E-state index contributed by atoms with van der Waals surface area (Å²) in [5, 5.41) is 3.73. The summed E-state index contributed by atoms with van der Waals surface area (Å²) >= 11 is 0. The first kappa shape index (κ1) is 9.72. The van der Waals surface area contributed by atoms with Gasteiger partial charge in [-0.1, -0.05) is 6.92 Å². The third-order valence-corrected chi connectivity index (χ3v) is 2.21. The second-order valence-electron chi connectivity index (χ2n) is 3.27. The molecule has 80 valence electrons. The Hall–Kier alpha value is -1.82. The van der Waals surface area contributed by atoms with Gasteiger partial charge in [-0.15, -0.1) is 0 Å². The van der Waals surface area contributed by atoms with Gasteiger partial charge in [-0.05, 0) is 12.1 Å². The van der Waals surface area contributed by atoms with E-state index in [-0.39, 0.29) is 11.5 Å². The maximum absolute atomic E-state index is 11.6. The lowest BCUT2D eigenvalue weighted by Gasteiger charge is -1.98. The third-order valence-electron chi connectivity index (χ3n) is 2.21. The number of rotatable bonds is 3. The zero-order chi connectivity index (χ0) is 10.8. The summed E-state index contributed by atoms with van der Waals surface area (Å²) in [6.07, 6.45) is 1.77. The second kappa shape index (κ2) is 3.74.